The molecule has 3 heteroatoms. The third kappa shape index (κ3) is 2.67. The van der Waals surface area contributed by atoms with Gasteiger partial charge in [0, 0.05) is 25.7 Å². The van der Waals surface area contributed by atoms with Gasteiger partial charge in [-0.2, -0.15) is 0 Å². The molecule has 0 aromatic heterocycles. The van der Waals surface area contributed by atoms with Crippen LogP contribution in [-0.4, -0.2) is 49.3 Å². The Labute approximate surface area is 106 Å². The van der Waals surface area contributed by atoms with Crippen molar-refractivity contribution in [3.63, 3.8) is 0 Å². The maximum absolute atomic E-state index is 5.56. The third-order valence-electron chi connectivity index (χ3n) is 4.89. The summed E-state index contributed by atoms with van der Waals surface area (Å²) < 4.78 is 5.56. The molecule has 2 aliphatic heterocycles. The van der Waals surface area contributed by atoms with E-state index in [-0.39, 0.29) is 5.60 Å². The molecule has 0 spiro atoms. The van der Waals surface area contributed by atoms with Crippen LogP contribution in [0.4, 0.5) is 0 Å². The van der Waals surface area contributed by atoms with Crippen LogP contribution in [0.25, 0.3) is 0 Å². The number of methoxy groups -OCH3 is 1. The van der Waals surface area contributed by atoms with E-state index in [1.807, 2.05) is 7.11 Å². The van der Waals surface area contributed by atoms with Crippen molar-refractivity contribution in [2.45, 2.75) is 51.8 Å². The first kappa shape index (κ1) is 13.3. The smallest absolute Gasteiger partial charge is 0.0637 e. The molecule has 2 heterocycles. The monoisotopic (exact) mass is 240 g/mol. The Bertz CT molecular complexity index is 267. The summed E-state index contributed by atoms with van der Waals surface area (Å²) in [6, 6.07) is 1.34. The Balaban J connectivity index is 1.95. The average molecular weight is 240 g/mol. The first-order chi connectivity index (χ1) is 7.94. The van der Waals surface area contributed by atoms with E-state index in [0.29, 0.717) is 6.04 Å². The maximum Gasteiger partial charge on any atom is 0.0637 e. The van der Waals surface area contributed by atoms with Crippen LogP contribution in [0.1, 0.15) is 34.1 Å². The Morgan fingerprint density at radius 1 is 1.41 bits per heavy atom. The summed E-state index contributed by atoms with van der Waals surface area (Å²) in [6.45, 7) is 12.8. The molecule has 0 amide bonds. The highest BCUT2D eigenvalue weighted by Gasteiger charge is 2.43. The van der Waals surface area contributed by atoms with Gasteiger partial charge in [0.25, 0.3) is 0 Å². The Kier molecular flexibility index (Phi) is 3.81. The van der Waals surface area contributed by atoms with Gasteiger partial charge in [-0.3, -0.25) is 4.90 Å². The van der Waals surface area contributed by atoms with Gasteiger partial charge in [-0.05, 0) is 59.0 Å². The number of fused-ring (bicyclic) bond motifs is 1. The summed E-state index contributed by atoms with van der Waals surface area (Å²) in [6.07, 6.45) is 1.11. The summed E-state index contributed by atoms with van der Waals surface area (Å²) in [5, 5.41) is 3.52. The van der Waals surface area contributed by atoms with Crippen LogP contribution >= 0.6 is 0 Å². The van der Waals surface area contributed by atoms with E-state index >= 15 is 0 Å². The highest BCUT2D eigenvalue weighted by atomic mass is 16.5. The van der Waals surface area contributed by atoms with Crippen molar-refractivity contribution in [2.24, 2.45) is 11.8 Å². The summed E-state index contributed by atoms with van der Waals surface area (Å²) in [7, 11) is 1.82. The van der Waals surface area contributed by atoms with E-state index in [2.05, 4.69) is 37.9 Å². The number of nitrogens with zero attached hydrogens (tertiary/aromatic N) is 1. The van der Waals surface area contributed by atoms with Gasteiger partial charge in [0.2, 0.25) is 0 Å². The van der Waals surface area contributed by atoms with Gasteiger partial charge in [-0.1, -0.05) is 0 Å². The van der Waals surface area contributed by atoms with Gasteiger partial charge in [0.05, 0.1) is 5.60 Å². The normalized spacial score (nSPS) is 36.2. The lowest BCUT2D eigenvalue weighted by atomic mass is 9.95. The standard InChI is InChI=1S/C14H28N2O/c1-10(6-14(3,4)17-5)16-9-12-7-15-8-13(12)11(16)2/h10-13,15H,6-9H2,1-5H3. The van der Waals surface area contributed by atoms with Crippen molar-refractivity contribution < 1.29 is 4.74 Å². The summed E-state index contributed by atoms with van der Waals surface area (Å²) in [5.74, 6) is 1.74. The number of likely N-dealkylation sites (tertiary alicyclic amines) is 1. The van der Waals surface area contributed by atoms with Gasteiger partial charge in [0.1, 0.15) is 0 Å². The fourth-order valence-corrected chi connectivity index (χ4v) is 3.69. The Morgan fingerprint density at radius 2 is 2.12 bits per heavy atom. The van der Waals surface area contributed by atoms with E-state index < -0.39 is 0 Å². The van der Waals surface area contributed by atoms with E-state index in [9.17, 15) is 0 Å². The quantitative estimate of drug-likeness (QED) is 0.810. The molecule has 1 N–H and O–H groups in total. The van der Waals surface area contributed by atoms with Crippen LogP contribution in [0, 0.1) is 11.8 Å². The molecular weight excluding hydrogens is 212 g/mol. The number of rotatable bonds is 4. The molecule has 0 radical (unpaired) electrons. The average Bonchev–Trinajstić information content (AvgIpc) is 2.81. The first-order valence-electron chi connectivity index (χ1n) is 6.96. The molecule has 0 bridgehead atoms. The van der Waals surface area contributed by atoms with Crippen LogP contribution in [-0.2, 0) is 4.74 Å². The largest absolute Gasteiger partial charge is 0.379 e. The molecule has 3 nitrogen and oxygen atoms in total. The minimum atomic E-state index is -0.00487. The number of nitrogens with one attached hydrogen (secondary N) is 1. The van der Waals surface area contributed by atoms with Gasteiger partial charge in [0.15, 0.2) is 0 Å². The highest BCUT2D eigenvalue weighted by Crippen LogP contribution is 2.35. The van der Waals surface area contributed by atoms with Crippen molar-refractivity contribution in [1.82, 2.24) is 10.2 Å². The SMILES string of the molecule is COC(C)(C)CC(C)N1CC2CNCC2C1C. The molecule has 2 aliphatic rings. The van der Waals surface area contributed by atoms with E-state index in [0.717, 1.165) is 24.3 Å². The minimum Gasteiger partial charge on any atom is -0.379 e. The second kappa shape index (κ2) is 4.87. The Hall–Kier alpha value is -0.120. The van der Waals surface area contributed by atoms with Gasteiger partial charge in [-0.25, -0.2) is 0 Å². The molecule has 0 aromatic rings. The summed E-state index contributed by atoms with van der Waals surface area (Å²) >= 11 is 0. The second-order valence-electron chi connectivity index (χ2n) is 6.54. The van der Waals surface area contributed by atoms with Crippen molar-refractivity contribution in [2.75, 3.05) is 26.7 Å². The molecule has 0 aromatic carbocycles. The molecular formula is C14H28N2O. The van der Waals surface area contributed by atoms with Crippen molar-refractivity contribution in [3.05, 3.63) is 0 Å². The van der Waals surface area contributed by atoms with Crippen LogP contribution in [0.2, 0.25) is 0 Å². The van der Waals surface area contributed by atoms with Crippen LogP contribution in [0.15, 0.2) is 0 Å². The molecule has 17 heavy (non-hydrogen) atoms. The minimum absolute atomic E-state index is 0.00487. The second-order valence-corrected chi connectivity index (χ2v) is 6.54. The van der Waals surface area contributed by atoms with Crippen LogP contribution < -0.4 is 5.32 Å². The van der Waals surface area contributed by atoms with Crippen LogP contribution in [0.5, 0.6) is 0 Å². The Morgan fingerprint density at radius 3 is 2.71 bits per heavy atom. The lowest BCUT2D eigenvalue weighted by Crippen LogP contribution is -2.43. The predicted octanol–water partition coefficient (Wildman–Crippen LogP) is 1.73. The van der Waals surface area contributed by atoms with E-state index in [1.54, 1.807) is 0 Å². The third-order valence-corrected chi connectivity index (χ3v) is 4.89. The molecule has 4 atom stereocenters. The topological polar surface area (TPSA) is 24.5 Å². The molecule has 2 rings (SSSR count). The summed E-state index contributed by atoms with van der Waals surface area (Å²) in [5.41, 5.74) is -0.00487. The number of hydrogen-bond donors (Lipinski definition) is 1. The molecule has 2 saturated heterocycles. The molecule has 2 fully saturated rings. The fraction of sp³-hybridized carbons (Fsp3) is 1.00. The molecule has 0 aliphatic carbocycles. The highest BCUT2D eigenvalue weighted by molar-refractivity contribution is 4.98. The zero-order chi connectivity index (χ0) is 12.6. The first-order valence-corrected chi connectivity index (χ1v) is 6.96. The molecule has 4 unspecified atom stereocenters. The van der Waals surface area contributed by atoms with Gasteiger partial charge < -0.3 is 10.1 Å². The molecule has 100 valence electrons. The number of ether oxygens (including phenoxy) is 1. The zero-order valence-corrected chi connectivity index (χ0v) is 12.0. The summed E-state index contributed by atoms with van der Waals surface area (Å²) in [4.78, 5) is 2.69. The van der Waals surface area contributed by atoms with Crippen molar-refractivity contribution in [1.29, 1.82) is 0 Å². The van der Waals surface area contributed by atoms with Gasteiger partial charge >= 0.3 is 0 Å². The lowest BCUT2D eigenvalue weighted by molar-refractivity contribution is -0.00835. The maximum atomic E-state index is 5.56. The van der Waals surface area contributed by atoms with Crippen LogP contribution in [0.3, 0.4) is 0 Å². The van der Waals surface area contributed by atoms with E-state index in [4.69, 9.17) is 4.74 Å². The predicted molar refractivity (Wildman–Crippen MR) is 71.2 cm³/mol. The van der Waals surface area contributed by atoms with Crippen molar-refractivity contribution >= 4 is 0 Å². The fourth-order valence-electron chi connectivity index (χ4n) is 3.69. The number of hydrogen-bond acceptors (Lipinski definition) is 3. The van der Waals surface area contributed by atoms with E-state index in [1.165, 1.54) is 19.6 Å². The zero-order valence-electron chi connectivity index (χ0n) is 12.0. The van der Waals surface area contributed by atoms with Gasteiger partial charge in [-0.15, -0.1) is 0 Å². The van der Waals surface area contributed by atoms with Crippen molar-refractivity contribution in [3.8, 4) is 0 Å². The lowest BCUT2D eigenvalue weighted by Gasteiger charge is -2.35. The molecule has 0 saturated carbocycles.